The van der Waals surface area contributed by atoms with Crippen molar-refractivity contribution in [2.45, 2.75) is 37.9 Å². The summed E-state index contributed by atoms with van der Waals surface area (Å²) in [6.45, 7) is 1.15. The third-order valence-corrected chi connectivity index (χ3v) is 6.83. The first-order valence-corrected chi connectivity index (χ1v) is 10.1. The molecule has 0 aromatic heterocycles. The molecule has 0 radical (unpaired) electrons. The zero-order valence-corrected chi connectivity index (χ0v) is 14.6. The highest BCUT2D eigenvalue weighted by Crippen LogP contribution is 2.25. The number of likely N-dealkylation sites (tertiary alicyclic amines) is 1. The molecule has 1 amide bonds. The van der Waals surface area contributed by atoms with Crippen molar-refractivity contribution in [3.05, 3.63) is 35.6 Å². The molecule has 2 saturated heterocycles. The lowest BCUT2D eigenvalue weighted by molar-refractivity contribution is -0.136. The van der Waals surface area contributed by atoms with E-state index >= 15 is 0 Å². The Hall–Kier alpha value is -1.47. The highest BCUT2D eigenvalue weighted by atomic mass is 32.2. The molecule has 5 nitrogen and oxygen atoms in total. The fourth-order valence-corrected chi connectivity index (χ4v) is 5.41. The zero-order chi connectivity index (χ0) is 17.3. The first-order valence-electron chi connectivity index (χ1n) is 8.32. The molecule has 1 aromatic carbocycles. The second-order valence-electron chi connectivity index (χ2n) is 6.73. The molecule has 1 aromatic rings. The molecule has 2 unspecified atom stereocenters. The molecule has 2 aliphatic heterocycles. The number of hydrogen-bond acceptors (Lipinski definition) is 4. The van der Waals surface area contributed by atoms with Gasteiger partial charge < -0.3 is 4.90 Å². The molecule has 2 aliphatic rings. The number of nitrogens with zero attached hydrogens (tertiary/aromatic N) is 2. The Balaban J connectivity index is 1.68. The van der Waals surface area contributed by atoms with Crippen LogP contribution in [0.3, 0.4) is 0 Å². The minimum atomic E-state index is -3.02. The van der Waals surface area contributed by atoms with E-state index in [-0.39, 0.29) is 35.3 Å². The number of sulfone groups is 1. The van der Waals surface area contributed by atoms with Crippen LogP contribution in [0.15, 0.2) is 24.3 Å². The molecule has 2 atom stereocenters. The topological polar surface area (TPSA) is 57.7 Å². The maximum atomic E-state index is 13.9. The van der Waals surface area contributed by atoms with Gasteiger partial charge in [0.1, 0.15) is 5.82 Å². The molecular weight excluding hydrogens is 331 g/mol. The lowest BCUT2D eigenvalue weighted by atomic mass is 10.1. The summed E-state index contributed by atoms with van der Waals surface area (Å²) in [5.41, 5.74) is 0.586. The molecule has 7 heteroatoms. The number of carbonyl (C=O) groups is 1. The molecule has 0 saturated carbocycles. The summed E-state index contributed by atoms with van der Waals surface area (Å²) in [4.78, 5) is 16.4. The van der Waals surface area contributed by atoms with Gasteiger partial charge in [-0.1, -0.05) is 18.2 Å². The summed E-state index contributed by atoms with van der Waals surface area (Å²) in [5, 5.41) is 0. The quantitative estimate of drug-likeness (QED) is 0.821. The van der Waals surface area contributed by atoms with E-state index in [2.05, 4.69) is 0 Å². The number of likely N-dealkylation sites (N-methyl/N-ethyl adjacent to an activating group) is 1. The smallest absolute Gasteiger partial charge is 0.239 e. The van der Waals surface area contributed by atoms with Crippen LogP contribution in [0.4, 0.5) is 4.39 Å². The number of benzene rings is 1. The number of amides is 1. The van der Waals surface area contributed by atoms with Crippen LogP contribution >= 0.6 is 0 Å². The summed E-state index contributed by atoms with van der Waals surface area (Å²) in [5.74, 6) is -0.106. The first kappa shape index (κ1) is 17.4. The van der Waals surface area contributed by atoms with E-state index in [4.69, 9.17) is 0 Å². The van der Waals surface area contributed by atoms with Gasteiger partial charge in [0.05, 0.1) is 17.5 Å². The van der Waals surface area contributed by atoms with Crippen LogP contribution < -0.4 is 0 Å². The molecule has 0 aliphatic carbocycles. The zero-order valence-electron chi connectivity index (χ0n) is 13.8. The lowest BCUT2D eigenvalue weighted by Crippen LogP contribution is -2.48. The molecule has 24 heavy (non-hydrogen) atoms. The van der Waals surface area contributed by atoms with Crippen molar-refractivity contribution in [2.24, 2.45) is 0 Å². The Bertz CT molecular complexity index is 722. The molecule has 2 heterocycles. The Labute approximate surface area is 142 Å². The van der Waals surface area contributed by atoms with Gasteiger partial charge in [-0.25, -0.2) is 12.8 Å². The van der Waals surface area contributed by atoms with Crippen molar-refractivity contribution < 1.29 is 17.6 Å². The maximum Gasteiger partial charge on any atom is 0.239 e. The average Bonchev–Trinajstić information content (AvgIpc) is 3.14. The van der Waals surface area contributed by atoms with Gasteiger partial charge in [0.15, 0.2) is 9.84 Å². The molecule has 3 rings (SSSR count). The SMILES string of the molecule is CN(C(=O)C1CCCN1Cc1ccccc1F)C1CCS(=O)(=O)C1. The van der Waals surface area contributed by atoms with Crippen molar-refractivity contribution in [1.82, 2.24) is 9.80 Å². The van der Waals surface area contributed by atoms with Crippen molar-refractivity contribution in [2.75, 3.05) is 25.1 Å². The second kappa shape index (κ2) is 6.80. The van der Waals surface area contributed by atoms with Gasteiger partial charge in [0.2, 0.25) is 5.91 Å². The van der Waals surface area contributed by atoms with Gasteiger partial charge in [-0.2, -0.15) is 0 Å². The highest BCUT2D eigenvalue weighted by molar-refractivity contribution is 7.91. The van der Waals surface area contributed by atoms with E-state index in [9.17, 15) is 17.6 Å². The lowest BCUT2D eigenvalue weighted by Gasteiger charge is -2.31. The largest absolute Gasteiger partial charge is 0.340 e. The van der Waals surface area contributed by atoms with Crippen LogP contribution in [-0.4, -0.2) is 61.3 Å². The van der Waals surface area contributed by atoms with Gasteiger partial charge in [0.25, 0.3) is 0 Å². The van der Waals surface area contributed by atoms with Crippen LogP contribution in [0.1, 0.15) is 24.8 Å². The van der Waals surface area contributed by atoms with E-state index in [1.54, 1.807) is 30.1 Å². The first-order chi connectivity index (χ1) is 11.4. The Morgan fingerprint density at radius 1 is 1.33 bits per heavy atom. The highest BCUT2D eigenvalue weighted by Gasteiger charge is 2.38. The van der Waals surface area contributed by atoms with E-state index < -0.39 is 9.84 Å². The average molecular weight is 354 g/mol. The summed E-state index contributed by atoms with van der Waals surface area (Å²) >= 11 is 0. The summed E-state index contributed by atoms with van der Waals surface area (Å²) < 4.78 is 37.2. The predicted molar refractivity (Wildman–Crippen MR) is 89.7 cm³/mol. The van der Waals surface area contributed by atoms with Gasteiger partial charge in [0, 0.05) is 25.2 Å². The molecule has 0 spiro atoms. The number of halogens is 1. The minimum Gasteiger partial charge on any atom is -0.340 e. The molecule has 132 valence electrons. The van der Waals surface area contributed by atoms with Crippen molar-refractivity contribution in [3.63, 3.8) is 0 Å². The molecule has 2 fully saturated rings. The number of rotatable bonds is 4. The molecule has 0 bridgehead atoms. The Kier molecular flexibility index (Phi) is 4.92. The van der Waals surface area contributed by atoms with Crippen molar-refractivity contribution >= 4 is 15.7 Å². The molecular formula is C17H23FN2O3S. The fraction of sp³-hybridized carbons (Fsp3) is 0.588. The second-order valence-corrected chi connectivity index (χ2v) is 8.95. The van der Waals surface area contributed by atoms with Crippen LogP contribution in [0, 0.1) is 5.82 Å². The van der Waals surface area contributed by atoms with Crippen LogP contribution in [0.2, 0.25) is 0 Å². The summed E-state index contributed by atoms with van der Waals surface area (Å²) in [7, 11) is -1.33. The minimum absolute atomic E-state index is 0.0501. The van der Waals surface area contributed by atoms with Crippen molar-refractivity contribution in [1.29, 1.82) is 0 Å². The van der Waals surface area contributed by atoms with E-state index in [0.717, 1.165) is 19.4 Å². The van der Waals surface area contributed by atoms with Crippen LogP contribution in [0.5, 0.6) is 0 Å². The van der Waals surface area contributed by atoms with Gasteiger partial charge in [-0.3, -0.25) is 9.69 Å². The summed E-state index contributed by atoms with van der Waals surface area (Å²) in [6, 6.07) is 6.08. The van der Waals surface area contributed by atoms with E-state index in [0.29, 0.717) is 18.5 Å². The monoisotopic (exact) mass is 354 g/mol. The third kappa shape index (κ3) is 3.62. The normalized spacial score (nSPS) is 26.6. The Morgan fingerprint density at radius 3 is 2.75 bits per heavy atom. The van der Waals surface area contributed by atoms with Crippen LogP contribution in [-0.2, 0) is 21.2 Å². The number of hydrogen-bond donors (Lipinski definition) is 0. The fourth-order valence-electron chi connectivity index (χ4n) is 3.64. The molecule has 0 N–H and O–H groups in total. The van der Waals surface area contributed by atoms with E-state index in [1.165, 1.54) is 6.07 Å². The standard InChI is InChI=1S/C17H23FN2O3S/c1-19(14-8-10-24(22,23)12-14)17(21)16-7-4-9-20(16)11-13-5-2-3-6-15(13)18/h2-3,5-6,14,16H,4,7-12H2,1H3. The van der Waals surface area contributed by atoms with E-state index in [1.807, 2.05) is 4.90 Å². The maximum absolute atomic E-state index is 13.9. The summed E-state index contributed by atoms with van der Waals surface area (Å²) in [6.07, 6.45) is 2.13. The Morgan fingerprint density at radius 2 is 2.08 bits per heavy atom. The van der Waals surface area contributed by atoms with Gasteiger partial charge in [-0.05, 0) is 31.9 Å². The third-order valence-electron chi connectivity index (χ3n) is 5.08. The van der Waals surface area contributed by atoms with Crippen LogP contribution in [0.25, 0.3) is 0 Å². The number of carbonyl (C=O) groups excluding carboxylic acids is 1. The van der Waals surface area contributed by atoms with Gasteiger partial charge in [-0.15, -0.1) is 0 Å². The predicted octanol–water partition coefficient (Wildman–Crippen LogP) is 1.44. The van der Waals surface area contributed by atoms with Gasteiger partial charge >= 0.3 is 0 Å². The van der Waals surface area contributed by atoms with Crippen molar-refractivity contribution in [3.8, 4) is 0 Å².